The number of benzene rings is 1. The minimum Gasteiger partial charge on any atom is -0.379 e. The van der Waals surface area contributed by atoms with Gasteiger partial charge in [0.15, 0.2) is 0 Å². The SMILES string of the molecule is Cc1ccnc(NC(=O)[C@@]2(C)CC(c3ccccc3Cl)=NO2)c1. The molecule has 118 valence electrons. The van der Waals surface area contributed by atoms with E-state index in [0.717, 1.165) is 11.1 Å². The van der Waals surface area contributed by atoms with Gasteiger partial charge in [0, 0.05) is 23.2 Å². The van der Waals surface area contributed by atoms with Crippen LogP contribution in [0, 0.1) is 6.92 Å². The van der Waals surface area contributed by atoms with E-state index in [9.17, 15) is 4.79 Å². The molecule has 5 nitrogen and oxygen atoms in total. The van der Waals surface area contributed by atoms with Crippen molar-refractivity contribution in [3.05, 3.63) is 58.7 Å². The fourth-order valence-electron chi connectivity index (χ4n) is 2.35. The fraction of sp³-hybridized carbons (Fsp3) is 0.235. The quantitative estimate of drug-likeness (QED) is 0.936. The number of hydrogen-bond donors (Lipinski definition) is 1. The maximum atomic E-state index is 12.5. The minimum absolute atomic E-state index is 0.290. The van der Waals surface area contributed by atoms with Gasteiger partial charge in [0.1, 0.15) is 5.82 Å². The van der Waals surface area contributed by atoms with Crippen LogP contribution in [0.25, 0.3) is 0 Å². The van der Waals surface area contributed by atoms with Crippen molar-refractivity contribution in [1.82, 2.24) is 4.98 Å². The molecule has 1 amide bonds. The van der Waals surface area contributed by atoms with E-state index in [1.807, 2.05) is 31.2 Å². The number of nitrogens with zero attached hydrogens (tertiary/aromatic N) is 2. The molecule has 0 saturated carbocycles. The second-order valence-corrected chi connectivity index (χ2v) is 6.10. The number of aromatic nitrogens is 1. The number of halogens is 1. The smallest absolute Gasteiger partial charge is 0.272 e. The first-order chi connectivity index (χ1) is 11.0. The second-order valence-electron chi connectivity index (χ2n) is 5.69. The second kappa shape index (κ2) is 6.01. The van der Waals surface area contributed by atoms with Crippen molar-refractivity contribution in [3.63, 3.8) is 0 Å². The van der Waals surface area contributed by atoms with Gasteiger partial charge in [-0.05, 0) is 37.6 Å². The van der Waals surface area contributed by atoms with E-state index in [4.69, 9.17) is 16.4 Å². The van der Waals surface area contributed by atoms with E-state index in [-0.39, 0.29) is 5.91 Å². The van der Waals surface area contributed by atoms with Crippen molar-refractivity contribution in [2.24, 2.45) is 5.16 Å². The highest BCUT2D eigenvalue weighted by Crippen LogP contribution is 2.30. The first-order valence-electron chi connectivity index (χ1n) is 7.22. The zero-order chi connectivity index (χ0) is 16.4. The Labute approximate surface area is 139 Å². The van der Waals surface area contributed by atoms with Crippen LogP contribution in [0.1, 0.15) is 24.5 Å². The molecule has 1 aliphatic heterocycles. The monoisotopic (exact) mass is 329 g/mol. The largest absolute Gasteiger partial charge is 0.379 e. The lowest BCUT2D eigenvalue weighted by Crippen LogP contribution is -2.40. The van der Waals surface area contributed by atoms with E-state index in [2.05, 4.69) is 15.5 Å². The minimum atomic E-state index is -1.08. The van der Waals surface area contributed by atoms with Crippen LogP contribution < -0.4 is 5.32 Å². The maximum Gasteiger partial charge on any atom is 0.272 e. The van der Waals surface area contributed by atoms with Crippen molar-refractivity contribution in [3.8, 4) is 0 Å². The standard InChI is InChI=1S/C17H16ClN3O2/c1-11-7-8-19-15(9-11)20-16(22)17(2)10-14(21-23-17)12-5-3-4-6-13(12)18/h3-9H,10H2,1-2H3,(H,19,20,22)/t17-/m1/s1. The van der Waals surface area contributed by atoms with Crippen molar-refractivity contribution in [1.29, 1.82) is 0 Å². The molecule has 1 aliphatic rings. The summed E-state index contributed by atoms with van der Waals surface area (Å²) in [6.07, 6.45) is 1.99. The van der Waals surface area contributed by atoms with Gasteiger partial charge in [0.05, 0.1) is 5.71 Å². The molecule has 0 saturated heterocycles. The summed E-state index contributed by atoms with van der Waals surface area (Å²) in [7, 11) is 0. The Morgan fingerprint density at radius 2 is 2.13 bits per heavy atom. The van der Waals surface area contributed by atoms with Gasteiger partial charge in [-0.15, -0.1) is 0 Å². The Morgan fingerprint density at radius 3 is 2.87 bits per heavy atom. The first kappa shape index (κ1) is 15.5. The fourth-order valence-corrected chi connectivity index (χ4v) is 2.60. The van der Waals surface area contributed by atoms with Crippen molar-refractivity contribution < 1.29 is 9.63 Å². The Hall–Kier alpha value is -2.40. The molecule has 2 aromatic rings. The van der Waals surface area contributed by atoms with Crippen LogP contribution in [-0.4, -0.2) is 22.2 Å². The lowest BCUT2D eigenvalue weighted by molar-refractivity contribution is -0.135. The molecule has 0 unspecified atom stereocenters. The summed E-state index contributed by atoms with van der Waals surface area (Å²) in [5.74, 6) is 0.201. The number of aryl methyl sites for hydroxylation is 1. The molecule has 1 aromatic heterocycles. The summed E-state index contributed by atoms with van der Waals surface area (Å²) in [6, 6.07) is 11.0. The van der Waals surface area contributed by atoms with Crippen LogP contribution in [0.3, 0.4) is 0 Å². The van der Waals surface area contributed by atoms with Crippen LogP contribution >= 0.6 is 11.6 Å². The van der Waals surface area contributed by atoms with Crippen LogP contribution in [0.4, 0.5) is 5.82 Å². The van der Waals surface area contributed by atoms with E-state index in [1.54, 1.807) is 25.3 Å². The Kier molecular flexibility index (Phi) is 4.05. The van der Waals surface area contributed by atoms with Crippen molar-refractivity contribution >= 4 is 29.0 Å². The molecule has 23 heavy (non-hydrogen) atoms. The topological polar surface area (TPSA) is 63.6 Å². The zero-order valence-corrected chi connectivity index (χ0v) is 13.6. The Balaban J connectivity index is 1.74. The number of rotatable bonds is 3. The molecule has 1 atom stereocenters. The van der Waals surface area contributed by atoms with E-state index >= 15 is 0 Å². The number of carbonyl (C=O) groups excluding carboxylic acids is 1. The number of nitrogens with one attached hydrogen (secondary N) is 1. The summed E-state index contributed by atoms with van der Waals surface area (Å²) in [5.41, 5.74) is 1.37. The van der Waals surface area contributed by atoms with E-state index in [0.29, 0.717) is 23.0 Å². The van der Waals surface area contributed by atoms with Gasteiger partial charge >= 0.3 is 0 Å². The van der Waals surface area contributed by atoms with Gasteiger partial charge in [-0.2, -0.15) is 0 Å². The molecule has 3 rings (SSSR count). The van der Waals surface area contributed by atoms with Crippen LogP contribution in [0.2, 0.25) is 5.02 Å². The lowest BCUT2D eigenvalue weighted by Gasteiger charge is -2.20. The molecule has 1 N–H and O–H groups in total. The number of anilines is 1. The number of hydrogen-bond acceptors (Lipinski definition) is 4. The van der Waals surface area contributed by atoms with Gasteiger partial charge in [-0.25, -0.2) is 4.98 Å². The van der Waals surface area contributed by atoms with Gasteiger partial charge in [0.2, 0.25) is 5.60 Å². The number of pyridine rings is 1. The first-order valence-corrected chi connectivity index (χ1v) is 7.60. The summed E-state index contributed by atoms with van der Waals surface area (Å²) in [4.78, 5) is 22.1. The molecule has 0 radical (unpaired) electrons. The summed E-state index contributed by atoms with van der Waals surface area (Å²) in [6.45, 7) is 3.63. The summed E-state index contributed by atoms with van der Waals surface area (Å²) >= 11 is 6.18. The number of carbonyl (C=O) groups is 1. The third-order valence-corrected chi connectivity index (χ3v) is 4.01. The molecule has 6 heteroatoms. The molecular formula is C17H16ClN3O2. The molecular weight excluding hydrogens is 314 g/mol. The normalized spacial score (nSPS) is 19.9. The van der Waals surface area contributed by atoms with Crippen LogP contribution in [-0.2, 0) is 9.63 Å². The summed E-state index contributed by atoms with van der Waals surface area (Å²) in [5, 5.41) is 7.40. The average Bonchev–Trinajstić information content (AvgIpc) is 2.91. The van der Waals surface area contributed by atoms with Crippen LogP contribution in [0.15, 0.2) is 47.8 Å². The predicted molar refractivity (Wildman–Crippen MR) is 89.7 cm³/mol. The predicted octanol–water partition coefficient (Wildman–Crippen LogP) is 3.57. The summed E-state index contributed by atoms with van der Waals surface area (Å²) < 4.78 is 0. The van der Waals surface area contributed by atoms with Crippen molar-refractivity contribution in [2.45, 2.75) is 25.9 Å². The number of oxime groups is 1. The highest BCUT2D eigenvalue weighted by atomic mass is 35.5. The average molecular weight is 330 g/mol. The highest BCUT2D eigenvalue weighted by molar-refractivity contribution is 6.34. The van der Waals surface area contributed by atoms with Crippen molar-refractivity contribution in [2.75, 3.05) is 5.32 Å². The molecule has 0 fully saturated rings. The zero-order valence-electron chi connectivity index (χ0n) is 12.8. The molecule has 0 spiro atoms. The molecule has 1 aromatic carbocycles. The lowest BCUT2D eigenvalue weighted by atomic mass is 9.95. The van der Waals surface area contributed by atoms with Gasteiger partial charge in [-0.1, -0.05) is 35.0 Å². The Bertz CT molecular complexity index is 791. The maximum absolute atomic E-state index is 12.5. The highest BCUT2D eigenvalue weighted by Gasteiger charge is 2.42. The molecule has 2 heterocycles. The van der Waals surface area contributed by atoms with Gasteiger partial charge in [0.25, 0.3) is 5.91 Å². The molecule has 0 bridgehead atoms. The Morgan fingerprint density at radius 1 is 1.35 bits per heavy atom. The number of amides is 1. The van der Waals surface area contributed by atoms with E-state index < -0.39 is 5.60 Å². The van der Waals surface area contributed by atoms with Gasteiger partial charge in [-0.3, -0.25) is 4.79 Å². The van der Waals surface area contributed by atoms with E-state index in [1.165, 1.54) is 0 Å². The third kappa shape index (κ3) is 3.19. The van der Waals surface area contributed by atoms with Crippen LogP contribution in [0.5, 0.6) is 0 Å². The van der Waals surface area contributed by atoms with Gasteiger partial charge < -0.3 is 10.2 Å². The molecule has 0 aliphatic carbocycles. The third-order valence-electron chi connectivity index (χ3n) is 3.68.